The van der Waals surface area contributed by atoms with Crippen molar-refractivity contribution in [1.82, 2.24) is 10.3 Å². The molecular formula is C17H20N2. The van der Waals surface area contributed by atoms with E-state index in [0.717, 1.165) is 12.2 Å². The lowest BCUT2D eigenvalue weighted by Crippen LogP contribution is -2.25. The van der Waals surface area contributed by atoms with Gasteiger partial charge in [-0.2, -0.15) is 0 Å². The maximum absolute atomic E-state index is 4.35. The van der Waals surface area contributed by atoms with Crippen LogP contribution in [0.15, 0.2) is 42.6 Å². The van der Waals surface area contributed by atoms with Gasteiger partial charge in [-0.1, -0.05) is 30.3 Å². The molecule has 98 valence electrons. The topological polar surface area (TPSA) is 24.9 Å². The van der Waals surface area contributed by atoms with Gasteiger partial charge in [0.1, 0.15) is 0 Å². The van der Waals surface area contributed by atoms with E-state index in [4.69, 9.17) is 0 Å². The van der Waals surface area contributed by atoms with E-state index in [1.54, 1.807) is 0 Å². The zero-order chi connectivity index (χ0) is 13.1. The van der Waals surface area contributed by atoms with Crippen molar-refractivity contribution in [2.75, 3.05) is 0 Å². The van der Waals surface area contributed by atoms with Crippen LogP contribution < -0.4 is 5.32 Å². The number of pyridine rings is 1. The van der Waals surface area contributed by atoms with E-state index in [1.165, 1.54) is 36.0 Å². The van der Waals surface area contributed by atoms with E-state index in [-0.39, 0.29) is 0 Å². The van der Waals surface area contributed by atoms with E-state index in [1.807, 2.05) is 12.3 Å². The van der Waals surface area contributed by atoms with Crippen molar-refractivity contribution >= 4 is 0 Å². The third kappa shape index (κ3) is 2.69. The minimum absolute atomic E-state index is 0.490. The summed E-state index contributed by atoms with van der Waals surface area (Å²) in [6.45, 7) is 2.98. The van der Waals surface area contributed by atoms with Crippen molar-refractivity contribution in [1.29, 1.82) is 0 Å². The number of hydrogen-bond donors (Lipinski definition) is 1. The Morgan fingerprint density at radius 1 is 1.21 bits per heavy atom. The molecule has 1 aromatic carbocycles. The number of hydrogen-bond acceptors (Lipinski definition) is 2. The summed E-state index contributed by atoms with van der Waals surface area (Å²) in [6.07, 6.45) is 5.59. The smallest absolute Gasteiger partial charge is 0.0417 e. The summed E-state index contributed by atoms with van der Waals surface area (Å²) in [5.41, 5.74) is 5.41. The summed E-state index contributed by atoms with van der Waals surface area (Å²) in [5.74, 6) is 0. The number of fused-ring (bicyclic) bond motifs is 1. The molecule has 3 rings (SSSR count). The summed E-state index contributed by atoms with van der Waals surface area (Å²) in [6, 6.07) is 13.5. The van der Waals surface area contributed by atoms with Crippen LogP contribution in [-0.4, -0.2) is 4.98 Å². The van der Waals surface area contributed by atoms with Gasteiger partial charge in [0.25, 0.3) is 0 Å². The number of aryl methyl sites for hydroxylation is 2. The molecule has 1 aromatic heterocycles. The van der Waals surface area contributed by atoms with Crippen molar-refractivity contribution in [3.05, 3.63) is 65.0 Å². The van der Waals surface area contributed by atoms with Crippen LogP contribution in [0, 0.1) is 6.92 Å². The van der Waals surface area contributed by atoms with Gasteiger partial charge in [0.15, 0.2) is 0 Å². The number of nitrogens with zero attached hydrogens (tertiary/aromatic N) is 1. The van der Waals surface area contributed by atoms with Crippen LogP contribution in [0.1, 0.15) is 41.3 Å². The molecule has 19 heavy (non-hydrogen) atoms. The Morgan fingerprint density at radius 3 is 3.00 bits per heavy atom. The SMILES string of the molecule is Cc1ncccc1CNC1CCCc2ccccc21. The Morgan fingerprint density at radius 2 is 2.11 bits per heavy atom. The molecular weight excluding hydrogens is 232 g/mol. The number of benzene rings is 1. The molecule has 0 saturated carbocycles. The number of aromatic nitrogens is 1. The molecule has 1 N–H and O–H groups in total. The fourth-order valence-electron chi connectivity index (χ4n) is 2.90. The molecule has 2 heteroatoms. The van der Waals surface area contributed by atoms with Crippen molar-refractivity contribution in [3.63, 3.8) is 0 Å². The Labute approximate surface area is 114 Å². The molecule has 1 unspecified atom stereocenters. The minimum atomic E-state index is 0.490. The van der Waals surface area contributed by atoms with E-state index in [0.29, 0.717) is 6.04 Å². The molecule has 1 heterocycles. The first-order valence-corrected chi connectivity index (χ1v) is 7.06. The van der Waals surface area contributed by atoms with E-state index >= 15 is 0 Å². The molecule has 0 fully saturated rings. The van der Waals surface area contributed by atoms with E-state index < -0.39 is 0 Å². The Kier molecular flexibility index (Phi) is 3.60. The third-order valence-corrected chi connectivity index (χ3v) is 4.02. The fraction of sp³-hybridized carbons (Fsp3) is 0.353. The fourth-order valence-corrected chi connectivity index (χ4v) is 2.90. The van der Waals surface area contributed by atoms with Gasteiger partial charge in [-0.3, -0.25) is 4.98 Å². The molecule has 1 atom stereocenters. The molecule has 0 saturated heterocycles. The highest BCUT2D eigenvalue weighted by Gasteiger charge is 2.19. The highest BCUT2D eigenvalue weighted by atomic mass is 14.9. The lowest BCUT2D eigenvalue weighted by molar-refractivity contribution is 0.458. The van der Waals surface area contributed by atoms with Crippen LogP contribution in [0.2, 0.25) is 0 Å². The number of nitrogens with one attached hydrogen (secondary N) is 1. The van der Waals surface area contributed by atoms with Crippen LogP contribution in [-0.2, 0) is 13.0 Å². The number of rotatable bonds is 3. The third-order valence-electron chi connectivity index (χ3n) is 4.02. The van der Waals surface area contributed by atoms with Gasteiger partial charge in [-0.15, -0.1) is 0 Å². The zero-order valence-electron chi connectivity index (χ0n) is 11.4. The van der Waals surface area contributed by atoms with Gasteiger partial charge in [0.2, 0.25) is 0 Å². The summed E-state index contributed by atoms with van der Waals surface area (Å²) in [5, 5.41) is 3.69. The predicted molar refractivity (Wildman–Crippen MR) is 77.9 cm³/mol. The van der Waals surface area contributed by atoms with Gasteiger partial charge >= 0.3 is 0 Å². The minimum Gasteiger partial charge on any atom is -0.306 e. The average Bonchev–Trinajstić information content (AvgIpc) is 2.46. The van der Waals surface area contributed by atoms with Crippen molar-refractivity contribution in [2.45, 2.75) is 38.8 Å². The summed E-state index contributed by atoms with van der Waals surface area (Å²) >= 11 is 0. The Balaban J connectivity index is 1.73. The van der Waals surface area contributed by atoms with Crippen molar-refractivity contribution in [2.24, 2.45) is 0 Å². The molecule has 1 aliphatic carbocycles. The first-order valence-electron chi connectivity index (χ1n) is 7.06. The van der Waals surface area contributed by atoms with Crippen LogP contribution in [0.3, 0.4) is 0 Å². The molecule has 0 radical (unpaired) electrons. The normalized spacial score (nSPS) is 18.1. The summed E-state index contributed by atoms with van der Waals surface area (Å²) in [4.78, 5) is 4.35. The van der Waals surface area contributed by atoms with Gasteiger partial charge < -0.3 is 5.32 Å². The summed E-state index contributed by atoms with van der Waals surface area (Å²) in [7, 11) is 0. The molecule has 0 spiro atoms. The van der Waals surface area contributed by atoms with Crippen molar-refractivity contribution < 1.29 is 0 Å². The summed E-state index contributed by atoms with van der Waals surface area (Å²) < 4.78 is 0. The Bertz CT molecular complexity index is 563. The Hall–Kier alpha value is -1.67. The quantitative estimate of drug-likeness (QED) is 0.903. The lowest BCUT2D eigenvalue weighted by Gasteiger charge is -2.26. The van der Waals surface area contributed by atoms with Crippen molar-refractivity contribution in [3.8, 4) is 0 Å². The second-order valence-electron chi connectivity index (χ2n) is 5.27. The monoisotopic (exact) mass is 252 g/mol. The molecule has 0 aliphatic heterocycles. The second-order valence-corrected chi connectivity index (χ2v) is 5.27. The maximum atomic E-state index is 4.35. The highest BCUT2D eigenvalue weighted by molar-refractivity contribution is 5.32. The van der Waals surface area contributed by atoms with E-state index in [2.05, 4.69) is 47.6 Å². The average molecular weight is 252 g/mol. The first-order chi connectivity index (χ1) is 9.34. The van der Waals surface area contributed by atoms with Gasteiger partial charge in [0, 0.05) is 24.5 Å². The highest BCUT2D eigenvalue weighted by Crippen LogP contribution is 2.29. The first kappa shape index (κ1) is 12.4. The molecule has 0 bridgehead atoms. The molecule has 0 amide bonds. The van der Waals surface area contributed by atoms with Crippen LogP contribution >= 0.6 is 0 Å². The molecule has 1 aliphatic rings. The van der Waals surface area contributed by atoms with Gasteiger partial charge in [0.05, 0.1) is 0 Å². The second kappa shape index (κ2) is 5.54. The molecule has 2 nitrogen and oxygen atoms in total. The van der Waals surface area contributed by atoms with Gasteiger partial charge in [-0.25, -0.2) is 0 Å². The van der Waals surface area contributed by atoms with E-state index in [9.17, 15) is 0 Å². The van der Waals surface area contributed by atoms with Crippen LogP contribution in [0.25, 0.3) is 0 Å². The van der Waals surface area contributed by atoms with Crippen LogP contribution in [0.4, 0.5) is 0 Å². The largest absolute Gasteiger partial charge is 0.306 e. The predicted octanol–water partition coefficient (Wildman–Crippen LogP) is 3.56. The standard InChI is InChI=1S/C17H20N2/c1-13-15(8-5-11-18-13)12-19-17-10-4-7-14-6-2-3-9-16(14)17/h2-3,5-6,8-9,11,17,19H,4,7,10,12H2,1H3. The van der Waals surface area contributed by atoms with Crippen LogP contribution in [0.5, 0.6) is 0 Å². The lowest BCUT2D eigenvalue weighted by atomic mass is 9.87. The maximum Gasteiger partial charge on any atom is 0.0417 e. The van der Waals surface area contributed by atoms with Gasteiger partial charge in [-0.05, 0) is 48.9 Å². The molecule has 2 aromatic rings. The zero-order valence-corrected chi connectivity index (χ0v) is 11.4.